The van der Waals surface area contributed by atoms with Gasteiger partial charge in [-0.15, -0.1) is 6.42 Å². The van der Waals surface area contributed by atoms with E-state index < -0.39 is 0 Å². The van der Waals surface area contributed by atoms with Crippen molar-refractivity contribution in [1.82, 2.24) is 0 Å². The maximum Gasteiger partial charge on any atom is 0.107 e. The van der Waals surface area contributed by atoms with Crippen molar-refractivity contribution in [2.24, 2.45) is 0 Å². The van der Waals surface area contributed by atoms with Gasteiger partial charge in [-0.3, -0.25) is 0 Å². The summed E-state index contributed by atoms with van der Waals surface area (Å²) in [7, 11) is 0. The maximum atomic E-state index is 5.32. The third-order valence-corrected chi connectivity index (χ3v) is 4.68. The summed E-state index contributed by atoms with van der Waals surface area (Å²) in [6.07, 6.45) is 11.3. The van der Waals surface area contributed by atoms with Crippen LogP contribution in [-0.4, -0.2) is 13.2 Å². The van der Waals surface area contributed by atoms with E-state index in [9.17, 15) is 0 Å². The van der Waals surface area contributed by atoms with Crippen LogP contribution in [0.1, 0.15) is 49.1 Å². The second kappa shape index (κ2) is 7.99. The molecule has 0 N–H and O–H groups in total. The molecule has 1 aliphatic carbocycles. The molecule has 0 amide bonds. The lowest BCUT2D eigenvalue weighted by atomic mass is 9.91. The molecule has 0 unspecified atom stereocenters. The molecule has 23 heavy (non-hydrogen) atoms. The summed E-state index contributed by atoms with van der Waals surface area (Å²) in [4.78, 5) is 0. The van der Waals surface area contributed by atoms with Gasteiger partial charge in [0, 0.05) is 12.5 Å². The normalized spacial score (nSPS) is 12.7. The van der Waals surface area contributed by atoms with E-state index in [-0.39, 0.29) is 0 Å². The van der Waals surface area contributed by atoms with Crippen LogP contribution < -0.4 is 0 Å². The van der Waals surface area contributed by atoms with Crippen LogP contribution in [0.5, 0.6) is 0 Å². The summed E-state index contributed by atoms with van der Waals surface area (Å²) in [5.41, 5.74) is 5.86. The van der Waals surface area contributed by atoms with Gasteiger partial charge in [0.25, 0.3) is 0 Å². The van der Waals surface area contributed by atoms with Crippen LogP contribution in [0.15, 0.2) is 48.5 Å². The molecule has 0 radical (unpaired) electrons. The molecule has 0 fully saturated rings. The Kier molecular flexibility index (Phi) is 5.51. The summed E-state index contributed by atoms with van der Waals surface area (Å²) in [5, 5.41) is 0. The van der Waals surface area contributed by atoms with Gasteiger partial charge in [-0.2, -0.15) is 0 Å². The smallest absolute Gasteiger partial charge is 0.107 e. The number of fused-ring (bicyclic) bond motifs is 3. The van der Waals surface area contributed by atoms with Gasteiger partial charge in [-0.05, 0) is 35.1 Å². The number of terminal acetylenes is 1. The van der Waals surface area contributed by atoms with Crippen molar-refractivity contribution in [3.63, 3.8) is 0 Å². The molecule has 2 aromatic rings. The van der Waals surface area contributed by atoms with E-state index in [1.165, 1.54) is 47.9 Å². The Morgan fingerprint density at radius 2 is 1.43 bits per heavy atom. The molecule has 1 nitrogen and oxygen atoms in total. The molecule has 1 heteroatoms. The van der Waals surface area contributed by atoms with Crippen LogP contribution >= 0.6 is 0 Å². The fraction of sp³-hybridized carbons (Fsp3) is 0.364. The molecule has 0 heterocycles. The Morgan fingerprint density at radius 1 is 0.826 bits per heavy atom. The summed E-state index contributed by atoms with van der Waals surface area (Å²) < 4.78 is 5.32. The lowest BCUT2D eigenvalue weighted by Crippen LogP contribution is -1.98. The number of rotatable bonds is 8. The first-order valence-electron chi connectivity index (χ1n) is 8.61. The van der Waals surface area contributed by atoms with Crippen LogP contribution in [0, 0.1) is 12.3 Å². The Labute approximate surface area is 139 Å². The Balaban J connectivity index is 1.54. The molecule has 3 rings (SSSR count). The fourth-order valence-corrected chi connectivity index (χ4v) is 3.61. The third-order valence-electron chi connectivity index (χ3n) is 4.68. The molecule has 0 aromatic heterocycles. The highest BCUT2D eigenvalue weighted by Gasteiger charge is 2.27. The second-order valence-electron chi connectivity index (χ2n) is 6.19. The van der Waals surface area contributed by atoms with Gasteiger partial charge in [0.1, 0.15) is 6.61 Å². The van der Waals surface area contributed by atoms with Crippen molar-refractivity contribution in [3.8, 4) is 23.5 Å². The van der Waals surface area contributed by atoms with Crippen molar-refractivity contribution in [1.29, 1.82) is 0 Å². The van der Waals surface area contributed by atoms with Gasteiger partial charge in [0.15, 0.2) is 0 Å². The van der Waals surface area contributed by atoms with Gasteiger partial charge in [0.05, 0.1) is 0 Å². The molecule has 0 saturated carbocycles. The number of hydrogen-bond donors (Lipinski definition) is 0. The van der Waals surface area contributed by atoms with Gasteiger partial charge >= 0.3 is 0 Å². The lowest BCUT2D eigenvalue weighted by Gasteiger charge is -2.13. The molecule has 0 spiro atoms. The number of benzene rings is 2. The van der Waals surface area contributed by atoms with E-state index in [1.807, 2.05) is 0 Å². The van der Waals surface area contributed by atoms with Crippen molar-refractivity contribution < 1.29 is 4.74 Å². The number of ether oxygens (including phenoxy) is 1. The van der Waals surface area contributed by atoms with E-state index in [0.717, 1.165) is 13.0 Å². The lowest BCUT2D eigenvalue weighted by molar-refractivity contribution is 0.162. The first kappa shape index (κ1) is 15.8. The molecule has 2 aromatic carbocycles. The van der Waals surface area contributed by atoms with Crippen molar-refractivity contribution in [2.45, 2.75) is 38.0 Å². The summed E-state index contributed by atoms with van der Waals surface area (Å²) in [6.45, 7) is 1.23. The summed E-state index contributed by atoms with van der Waals surface area (Å²) in [5.74, 6) is 3.07. The highest BCUT2D eigenvalue weighted by molar-refractivity contribution is 5.78. The van der Waals surface area contributed by atoms with Crippen LogP contribution in [0.4, 0.5) is 0 Å². The largest absolute Gasteiger partial charge is 0.369 e. The Morgan fingerprint density at radius 3 is 2.09 bits per heavy atom. The second-order valence-corrected chi connectivity index (χ2v) is 6.19. The molecular formula is C22H24O. The SMILES string of the molecule is C#CCOCCCCCCC1c2ccccc2-c2ccccc21. The first-order chi connectivity index (χ1) is 11.4. The molecule has 118 valence electrons. The van der Waals surface area contributed by atoms with Crippen molar-refractivity contribution >= 4 is 0 Å². The van der Waals surface area contributed by atoms with Gasteiger partial charge < -0.3 is 4.74 Å². The van der Waals surface area contributed by atoms with Crippen LogP contribution in [-0.2, 0) is 4.74 Å². The number of hydrogen-bond acceptors (Lipinski definition) is 1. The van der Waals surface area contributed by atoms with Gasteiger partial charge in [0.2, 0.25) is 0 Å². The number of unbranched alkanes of at least 4 members (excludes halogenated alkanes) is 3. The van der Waals surface area contributed by atoms with Crippen molar-refractivity contribution in [3.05, 3.63) is 59.7 Å². The van der Waals surface area contributed by atoms with Crippen molar-refractivity contribution in [2.75, 3.05) is 13.2 Å². The van der Waals surface area contributed by atoms with Gasteiger partial charge in [-0.25, -0.2) is 0 Å². The molecular weight excluding hydrogens is 280 g/mol. The predicted molar refractivity (Wildman–Crippen MR) is 96.5 cm³/mol. The van der Waals surface area contributed by atoms with E-state index >= 15 is 0 Å². The maximum absolute atomic E-state index is 5.32. The van der Waals surface area contributed by atoms with E-state index in [4.69, 9.17) is 11.2 Å². The Hall–Kier alpha value is -2.04. The summed E-state index contributed by atoms with van der Waals surface area (Å²) in [6, 6.07) is 17.7. The predicted octanol–water partition coefficient (Wildman–Crippen LogP) is 5.40. The zero-order valence-electron chi connectivity index (χ0n) is 13.6. The third kappa shape index (κ3) is 3.66. The topological polar surface area (TPSA) is 9.23 Å². The Bertz CT molecular complexity index is 635. The first-order valence-corrected chi connectivity index (χ1v) is 8.61. The molecule has 0 bridgehead atoms. The quantitative estimate of drug-likeness (QED) is 0.469. The minimum atomic E-state index is 0.440. The zero-order valence-corrected chi connectivity index (χ0v) is 13.6. The van der Waals surface area contributed by atoms with Crippen LogP contribution in [0.25, 0.3) is 11.1 Å². The van der Waals surface area contributed by atoms with E-state index in [1.54, 1.807) is 0 Å². The standard InChI is InChI=1S/C22H24O/c1-2-16-23-17-10-4-3-5-11-18-19-12-6-8-14-21(19)22-15-9-7-13-20(18)22/h1,6-9,12-15,18H,3-5,10-11,16-17H2. The zero-order chi connectivity index (χ0) is 15.9. The molecule has 0 saturated heterocycles. The van der Waals surface area contributed by atoms with Crippen LogP contribution in [0.2, 0.25) is 0 Å². The van der Waals surface area contributed by atoms with Crippen LogP contribution in [0.3, 0.4) is 0 Å². The van der Waals surface area contributed by atoms with Gasteiger partial charge in [-0.1, -0.05) is 73.7 Å². The minimum Gasteiger partial charge on any atom is -0.369 e. The van der Waals surface area contributed by atoms with E-state index in [0.29, 0.717) is 12.5 Å². The molecule has 1 aliphatic rings. The molecule has 0 atom stereocenters. The average molecular weight is 304 g/mol. The highest BCUT2D eigenvalue weighted by Crippen LogP contribution is 2.46. The summed E-state index contributed by atoms with van der Waals surface area (Å²) >= 11 is 0. The monoisotopic (exact) mass is 304 g/mol. The highest BCUT2D eigenvalue weighted by atomic mass is 16.5. The van der Waals surface area contributed by atoms with E-state index in [2.05, 4.69) is 54.5 Å². The minimum absolute atomic E-state index is 0.440. The molecule has 0 aliphatic heterocycles. The fourth-order valence-electron chi connectivity index (χ4n) is 3.61. The average Bonchev–Trinajstić information content (AvgIpc) is 2.92.